The summed E-state index contributed by atoms with van der Waals surface area (Å²) in [6.45, 7) is 0. The Morgan fingerprint density at radius 2 is 1.92 bits per heavy atom. The van der Waals surface area contributed by atoms with Gasteiger partial charge >= 0.3 is 12.3 Å². The first-order valence-corrected chi connectivity index (χ1v) is 3.25. The zero-order valence-corrected chi connectivity index (χ0v) is 6.15. The van der Waals surface area contributed by atoms with E-state index < -0.39 is 24.2 Å². The first-order chi connectivity index (χ1) is 5.96. The van der Waals surface area contributed by atoms with Gasteiger partial charge in [-0.2, -0.15) is 13.9 Å². The normalized spacial score (nSPS) is 14.9. The first kappa shape index (κ1) is 9.94. The molecular formula is C6H5F5N2. The Bertz CT molecular complexity index is 258. The molecule has 2 nitrogen and oxygen atoms in total. The smallest absolute Gasteiger partial charge is 0.279 e. The summed E-state index contributed by atoms with van der Waals surface area (Å²) in [7, 11) is 0. The molecule has 0 radical (unpaired) electrons. The summed E-state index contributed by atoms with van der Waals surface area (Å²) in [5, 5.41) is 5.03. The van der Waals surface area contributed by atoms with E-state index in [4.69, 9.17) is 0 Å². The third kappa shape index (κ3) is 1.78. The van der Waals surface area contributed by atoms with Crippen molar-refractivity contribution in [1.29, 1.82) is 0 Å². The lowest BCUT2D eigenvalue weighted by Crippen LogP contribution is -2.32. The number of aromatic nitrogens is 2. The second kappa shape index (κ2) is 3.31. The molecule has 0 bridgehead atoms. The third-order valence-electron chi connectivity index (χ3n) is 1.42. The molecule has 0 aromatic carbocycles. The highest BCUT2D eigenvalue weighted by molar-refractivity contribution is 5.06. The standard InChI is InChI=1S/C6H5F5N2/c7-4(3-1-2-12-13-3)6(10,11)5(8)9/h1-2,4-5H,(H,12,13). The van der Waals surface area contributed by atoms with Gasteiger partial charge in [-0.15, -0.1) is 0 Å². The Kier molecular flexibility index (Phi) is 2.53. The Labute approximate surface area is 69.8 Å². The SMILES string of the molecule is FC(F)C(F)(F)C(F)c1ccn[nH]1. The van der Waals surface area contributed by atoms with Crippen molar-refractivity contribution in [1.82, 2.24) is 10.2 Å². The van der Waals surface area contributed by atoms with Gasteiger partial charge in [0.2, 0.25) is 6.17 Å². The maximum Gasteiger partial charge on any atom is 0.343 e. The van der Waals surface area contributed by atoms with Gasteiger partial charge in [-0.1, -0.05) is 0 Å². The number of hydrogen-bond acceptors (Lipinski definition) is 1. The number of alkyl halides is 5. The quantitative estimate of drug-likeness (QED) is 0.745. The number of H-pyrrole nitrogens is 1. The fourth-order valence-corrected chi connectivity index (χ4v) is 0.726. The van der Waals surface area contributed by atoms with Crippen molar-refractivity contribution in [3.63, 3.8) is 0 Å². The van der Waals surface area contributed by atoms with Crippen molar-refractivity contribution in [2.75, 3.05) is 0 Å². The number of hydrogen-bond donors (Lipinski definition) is 1. The van der Waals surface area contributed by atoms with Crippen LogP contribution < -0.4 is 0 Å². The average molecular weight is 200 g/mol. The highest BCUT2D eigenvalue weighted by Gasteiger charge is 2.50. The lowest BCUT2D eigenvalue weighted by Gasteiger charge is -2.18. The van der Waals surface area contributed by atoms with Crippen LogP contribution in [0.4, 0.5) is 22.0 Å². The van der Waals surface area contributed by atoms with Crippen LogP contribution in [-0.4, -0.2) is 22.5 Å². The molecule has 0 aliphatic carbocycles. The zero-order valence-electron chi connectivity index (χ0n) is 6.15. The second-order valence-corrected chi connectivity index (χ2v) is 2.35. The molecule has 13 heavy (non-hydrogen) atoms. The van der Waals surface area contributed by atoms with Gasteiger partial charge < -0.3 is 0 Å². The van der Waals surface area contributed by atoms with Crippen LogP contribution in [0.3, 0.4) is 0 Å². The van der Waals surface area contributed by atoms with Gasteiger partial charge in [-0.05, 0) is 6.07 Å². The topological polar surface area (TPSA) is 28.7 Å². The summed E-state index contributed by atoms with van der Waals surface area (Å²) in [4.78, 5) is 0. The van der Waals surface area contributed by atoms with Crippen LogP contribution in [0.5, 0.6) is 0 Å². The Balaban J connectivity index is 2.84. The van der Waals surface area contributed by atoms with Gasteiger partial charge in [0.05, 0.1) is 5.69 Å². The van der Waals surface area contributed by atoms with E-state index in [0.717, 1.165) is 12.3 Å². The van der Waals surface area contributed by atoms with Crippen LogP contribution in [0.2, 0.25) is 0 Å². The van der Waals surface area contributed by atoms with E-state index in [-0.39, 0.29) is 0 Å². The van der Waals surface area contributed by atoms with Crippen molar-refractivity contribution in [2.45, 2.75) is 18.5 Å². The maximum atomic E-state index is 12.7. The molecule has 1 rings (SSSR count). The lowest BCUT2D eigenvalue weighted by atomic mass is 10.1. The molecule has 0 spiro atoms. The van der Waals surface area contributed by atoms with Crippen LogP contribution >= 0.6 is 0 Å². The number of aromatic amines is 1. The summed E-state index contributed by atoms with van der Waals surface area (Å²) in [6, 6.07) is 0.876. The minimum absolute atomic E-state index is 0.662. The largest absolute Gasteiger partial charge is 0.343 e. The number of halogens is 5. The number of nitrogens with zero attached hydrogens (tertiary/aromatic N) is 1. The number of rotatable bonds is 3. The van der Waals surface area contributed by atoms with Gasteiger partial charge in [0.25, 0.3) is 0 Å². The molecule has 1 atom stereocenters. The molecule has 1 N–H and O–H groups in total. The zero-order chi connectivity index (χ0) is 10.1. The summed E-state index contributed by atoms with van der Waals surface area (Å²) >= 11 is 0. The molecule has 1 unspecified atom stereocenters. The van der Waals surface area contributed by atoms with Crippen molar-refractivity contribution in [2.24, 2.45) is 0 Å². The monoisotopic (exact) mass is 200 g/mol. The molecule has 0 aliphatic rings. The predicted octanol–water partition coefficient (Wildman–Crippen LogP) is 2.32. The van der Waals surface area contributed by atoms with Crippen LogP contribution in [0.15, 0.2) is 12.3 Å². The van der Waals surface area contributed by atoms with E-state index in [2.05, 4.69) is 5.10 Å². The Morgan fingerprint density at radius 3 is 2.31 bits per heavy atom. The molecule has 7 heteroatoms. The number of nitrogens with one attached hydrogen (secondary N) is 1. The summed E-state index contributed by atoms with van der Waals surface area (Å²) in [6.07, 6.45) is -6.09. The fourth-order valence-electron chi connectivity index (χ4n) is 0.726. The molecule has 0 amide bonds. The predicted molar refractivity (Wildman–Crippen MR) is 33.4 cm³/mol. The van der Waals surface area contributed by atoms with E-state index in [9.17, 15) is 22.0 Å². The van der Waals surface area contributed by atoms with Crippen molar-refractivity contribution in [3.05, 3.63) is 18.0 Å². The van der Waals surface area contributed by atoms with Crippen molar-refractivity contribution in [3.8, 4) is 0 Å². The van der Waals surface area contributed by atoms with Gasteiger partial charge in [-0.3, -0.25) is 5.10 Å². The highest BCUT2D eigenvalue weighted by atomic mass is 19.3. The van der Waals surface area contributed by atoms with Gasteiger partial charge in [0.1, 0.15) is 0 Å². The highest BCUT2D eigenvalue weighted by Crippen LogP contribution is 2.38. The Morgan fingerprint density at radius 1 is 1.31 bits per heavy atom. The molecule has 1 aromatic heterocycles. The van der Waals surface area contributed by atoms with Gasteiger partial charge in [0, 0.05) is 6.20 Å². The van der Waals surface area contributed by atoms with Gasteiger partial charge in [0.15, 0.2) is 0 Å². The molecular weight excluding hydrogens is 195 g/mol. The Hall–Kier alpha value is -1.14. The second-order valence-electron chi connectivity index (χ2n) is 2.35. The van der Waals surface area contributed by atoms with Crippen molar-refractivity contribution < 1.29 is 22.0 Å². The summed E-state index contributed by atoms with van der Waals surface area (Å²) in [5.74, 6) is -4.69. The summed E-state index contributed by atoms with van der Waals surface area (Å²) in [5.41, 5.74) is -0.662. The van der Waals surface area contributed by atoms with Crippen LogP contribution in [0, 0.1) is 0 Å². The van der Waals surface area contributed by atoms with Crippen molar-refractivity contribution >= 4 is 0 Å². The van der Waals surface area contributed by atoms with E-state index >= 15 is 0 Å². The van der Waals surface area contributed by atoms with E-state index in [1.54, 1.807) is 0 Å². The molecule has 0 aliphatic heterocycles. The molecule has 0 saturated heterocycles. The third-order valence-corrected chi connectivity index (χ3v) is 1.42. The minimum atomic E-state index is -4.69. The lowest BCUT2D eigenvalue weighted by molar-refractivity contribution is -0.173. The molecule has 1 aromatic rings. The molecule has 0 saturated carbocycles. The molecule has 0 fully saturated rings. The average Bonchev–Trinajstić information content (AvgIpc) is 2.54. The van der Waals surface area contributed by atoms with Crippen LogP contribution in [-0.2, 0) is 0 Å². The maximum absolute atomic E-state index is 12.7. The molecule has 74 valence electrons. The fraction of sp³-hybridized carbons (Fsp3) is 0.500. The molecule has 1 heterocycles. The van der Waals surface area contributed by atoms with E-state index in [0.29, 0.717) is 0 Å². The van der Waals surface area contributed by atoms with Crippen LogP contribution in [0.1, 0.15) is 11.9 Å². The van der Waals surface area contributed by atoms with E-state index in [1.807, 2.05) is 5.10 Å². The first-order valence-electron chi connectivity index (χ1n) is 3.25. The minimum Gasteiger partial charge on any atom is -0.279 e. The van der Waals surface area contributed by atoms with Crippen LogP contribution in [0.25, 0.3) is 0 Å². The van der Waals surface area contributed by atoms with E-state index in [1.165, 1.54) is 0 Å². The van der Waals surface area contributed by atoms with Gasteiger partial charge in [-0.25, -0.2) is 13.2 Å². The summed E-state index contributed by atoms with van der Waals surface area (Å²) < 4.78 is 60.6.